The van der Waals surface area contributed by atoms with Gasteiger partial charge in [0.15, 0.2) is 0 Å². The van der Waals surface area contributed by atoms with Crippen molar-refractivity contribution in [2.45, 2.75) is 25.8 Å². The van der Waals surface area contributed by atoms with Crippen LogP contribution in [-0.4, -0.2) is 28.3 Å². The molecule has 1 saturated heterocycles. The highest BCUT2D eigenvalue weighted by Gasteiger charge is 2.15. The van der Waals surface area contributed by atoms with Crippen molar-refractivity contribution in [3.05, 3.63) is 0 Å². The standard InChI is InChI=1S/C7H15NOS/c1-2-10(9)6-7-4-3-5-8-7/h7-8H,2-6H2,1H3. The molecule has 3 heteroatoms. The molecule has 1 N–H and O–H groups in total. The molecule has 2 nitrogen and oxygen atoms in total. The van der Waals surface area contributed by atoms with Gasteiger partial charge in [-0.1, -0.05) is 6.92 Å². The highest BCUT2D eigenvalue weighted by molar-refractivity contribution is 7.84. The SMILES string of the molecule is CCS(=O)CC1CCCN1. The van der Waals surface area contributed by atoms with E-state index in [4.69, 9.17) is 0 Å². The van der Waals surface area contributed by atoms with E-state index < -0.39 is 10.8 Å². The van der Waals surface area contributed by atoms with Crippen LogP contribution in [0.25, 0.3) is 0 Å². The molecule has 0 spiro atoms. The van der Waals surface area contributed by atoms with Crippen molar-refractivity contribution in [1.29, 1.82) is 0 Å². The Bertz CT molecular complexity index is 121. The molecule has 0 aromatic heterocycles. The summed E-state index contributed by atoms with van der Waals surface area (Å²) in [5, 5.41) is 3.33. The molecule has 0 saturated carbocycles. The third kappa shape index (κ3) is 2.39. The van der Waals surface area contributed by atoms with Crippen molar-refractivity contribution in [1.82, 2.24) is 5.32 Å². The van der Waals surface area contributed by atoms with Crippen LogP contribution in [0.1, 0.15) is 19.8 Å². The quantitative estimate of drug-likeness (QED) is 0.653. The number of nitrogens with one attached hydrogen (secondary N) is 1. The normalized spacial score (nSPS) is 28.7. The Morgan fingerprint density at radius 3 is 3.00 bits per heavy atom. The third-order valence-electron chi connectivity index (χ3n) is 1.87. The van der Waals surface area contributed by atoms with Gasteiger partial charge >= 0.3 is 0 Å². The molecular weight excluding hydrogens is 146 g/mol. The molecule has 0 amide bonds. The zero-order valence-corrected chi connectivity index (χ0v) is 7.25. The smallest absolute Gasteiger partial charge is 0.0388 e. The second kappa shape index (κ2) is 4.09. The first-order chi connectivity index (χ1) is 4.83. The van der Waals surface area contributed by atoms with Crippen LogP contribution in [0, 0.1) is 0 Å². The van der Waals surface area contributed by atoms with Crippen LogP contribution in [0.15, 0.2) is 0 Å². The van der Waals surface area contributed by atoms with Gasteiger partial charge < -0.3 is 5.32 Å². The topological polar surface area (TPSA) is 29.1 Å². The summed E-state index contributed by atoms with van der Waals surface area (Å²) in [7, 11) is -0.579. The maximum atomic E-state index is 11.0. The van der Waals surface area contributed by atoms with E-state index in [1.807, 2.05) is 6.92 Å². The first-order valence-electron chi connectivity index (χ1n) is 3.91. The van der Waals surface area contributed by atoms with Crippen molar-refractivity contribution in [2.24, 2.45) is 0 Å². The molecule has 0 aromatic rings. The van der Waals surface area contributed by atoms with Gasteiger partial charge in [0, 0.05) is 28.3 Å². The molecule has 0 aromatic carbocycles. The summed E-state index contributed by atoms with van der Waals surface area (Å²) in [6.07, 6.45) is 2.47. The van der Waals surface area contributed by atoms with E-state index in [9.17, 15) is 4.21 Å². The van der Waals surface area contributed by atoms with Gasteiger partial charge in [0.05, 0.1) is 0 Å². The van der Waals surface area contributed by atoms with Crippen molar-refractivity contribution in [3.8, 4) is 0 Å². The fraction of sp³-hybridized carbons (Fsp3) is 1.00. The second-order valence-corrected chi connectivity index (χ2v) is 4.48. The molecule has 1 rings (SSSR count). The lowest BCUT2D eigenvalue weighted by atomic mass is 10.3. The lowest BCUT2D eigenvalue weighted by Gasteiger charge is -2.07. The van der Waals surface area contributed by atoms with Gasteiger partial charge in [0.25, 0.3) is 0 Å². The molecule has 0 aliphatic carbocycles. The molecule has 2 atom stereocenters. The van der Waals surface area contributed by atoms with Crippen LogP contribution < -0.4 is 5.32 Å². The van der Waals surface area contributed by atoms with Crippen LogP contribution in [0.2, 0.25) is 0 Å². The van der Waals surface area contributed by atoms with E-state index in [2.05, 4.69) is 5.32 Å². The summed E-state index contributed by atoms with van der Waals surface area (Å²) in [5.74, 6) is 1.66. The van der Waals surface area contributed by atoms with Gasteiger partial charge in [-0.25, -0.2) is 0 Å². The Hall–Kier alpha value is 0.110. The Morgan fingerprint density at radius 2 is 2.50 bits per heavy atom. The van der Waals surface area contributed by atoms with Crippen molar-refractivity contribution in [2.75, 3.05) is 18.1 Å². The van der Waals surface area contributed by atoms with Crippen LogP contribution in [-0.2, 0) is 10.8 Å². The molecule has 1 aliphatic rings. The first-order valence-corrected chi connectivity index (χ1v) is 5.40. The lowest BCUT2D eigenvalue weighted by Crippen LogP contribution is -2.27. The first kappa shape index (κ1) is 8.21. The minimum atomic E-state index is -0.579. The Morgan fingerprint density at radius 1 is 1.70 bits per heavy atom. The van der Waals surface area contributed by atoms with Gasteiger partial charge in [-0.05, 0) is 19.4 Å². The number of rotatable bonds is 3. The Labute approximate surface area is 64.8 Å². The average Bonchev–Trinajstić information content (AvgIpc) is 2.40. The summed E-state index contributed by atoms with van der Waals surface area (Å²) in [5.41, 5.74) is 0. The van der Waals surface area contributed by atoms with Gasteiger partial charge in [0.2, 0.25) is 0 Å². The second-order valence-electron chi connectivity index (χ2n) is 2.69. The molecule has 1 aliphatic heterocycles. The largest absolute Gasteiger partial charge is 0.313 e. The summed E-state index contributed by atoms with van der Waals surface area (Å²) in [6, 6.07) is 0.542. The molecule has 1 fully saturated rings. The van der Waals surface area contributed by atoms with Crippen molar-refractivity contribution >= 4 is 10.8 Å². The lowest BCUT2D eigenvalue weighted by molar-refractivity contribution is 0.644. The minimum absolute atomic E-state index is 0.542. The van der Waals surface area contributed by atoms with Crippen molar-refractivity contribution < 1.29 is 4.21 Å². The predicted molar refractivity (Wildman–Crippen MR) is 44.6 cm³/mol. The van der Waals surface area contributed by atoms with E-state index in [-0.39, 0.29) is 0 Å². The molecule has 2 unspecified atom stereocenters. The van der Waals surface area contributed by atoms with E-state index in [0.717, 1.165) is 18.1 Å². The summed E-state index contributed by atoms with van der Waals surface area (Å²) < 4.78 is 11.0. The monoisotopic (exact) mass is 161 g/mol. The zero-order chi connectivity index (χ0) is 7.40. The fourth-order valence-electron chi connectivity index (χ4n) is 1.24. The number of hydrogen-bond acceptors (Lipinski definition) is 2. The van der Waals surface area contributed by atoms with E-state index in [0.29, 0.717) is 6.04 Å². The summed E-state index contributed by atoms with van der Waals surface area (Å²) >= 11 is 0. The maximum absolute atomic E-state index is 11.0. The average molecular weight is 161 g/mol. The van der Waals surface area contributed by atoms with Crippen LogP contribution in [0.4, 0.5) is 0 Å². The van der Waals surface area contributed by atoms with Gasteiger partial charge in [-0.3, -0.25) is 4.21 Å². The third-order valence-corrected chi connectivity index (χ3v) is 3.29. The Balaban J connectivity index is 2.17. The van der Waals surface area contributed by atoms with Gasteiger partial charge in [0.1, 0.15) is 0 Å². The van der Waals surface area contributed by atoms with Gasteiger partial charge in [-0.2, -0.15) is 0 Å². The summed E-state index contributed by atoms with van der Waals surface area (Å²) in [6.45, 7) is 3.09. The zero-order valence-electron chi connectivity index (χ0n) is 6.43. The molecular formula is C7H15NOS. The highest BCUT2D eigenvalue weighted by Crippen LogP contribution is 2.05. The highest BCUT2D eigenvalue weighted by atomic mass is 32.2. The summed E-state index contributed by atoms with van der Waals surface area (Å²) in [4.78, 5) is 0. The molecule has 0 radical (unpaired) electrons. The Kier molecular flexibility index (Phi) is 3.35. The fourth-order valence-corrected chi connectivity index (χ4v) is 2.21. The molecule has 10 heavy (non-hydrogen) atoms. The van der Waals surface area contributed by atoms with Crippen LogP contribution in [0.3, 0.4) is 0 Å². The van der Waals surface area contributed by atoms with E-state index >= 15 is 0 Å². The van der Waals surface area contributed by atoms with E-state index in [1.54, 1.807) is 0 Å². The van der Waals surface area contributed by atoms with Crippen LogP contribution >= 0.6 is 0 Å². The molecule has 60 valence electrons. The number of hydrogen-bond donors (Lipinski definition) is 1. The van der Waals surface area contributed by atoms with Gasteiger partial charge in [-0.15, -0.1) is 0 Å². The molecule has 0 bridgehead atoms. The predicted octanol–water partition coefficient (Wildman–Crippen LogP) is 0.507. The maximum Gasteiger partial charge on any atom is 0.0388 e. The van der Waals surface area contributed by atoms with E-state index in [1.165, 1.54) is 12.8 Å². The van der Waals surface area contributed by atoms with Crippen LogP contribution in [0.5, 0.6) is 0 Å². The molecule has 1 heterocycles. The van der Waals surface area contributed by atoms with Crippen molar-refractivity contribution in [3.63, 3.8) is 0 Å². The minimum Gasteiger partial charge on any atom is -0.313 e.